The van der Waals surface area contributed by atoms with E-state index >= 15 is 0 Å². The molecule has 2 heterocycles. The maximum atomic E-state index is 10.6. The van der Waals surface area contributed by atoms with E-state index in [0.29, 0.717) is 0 Å². The molecule has 1 aliphatic rings. The van der Waals surface area contributed by atoms with E-state index in [4.69, 9.17) is 5.11 Å². The molecule has 2 rings (SSSR count). The largest absolute Gasteiger partial charge is 0.476 e. The Bertz CT molecular complexity index is 369. The van der Waals surface area contributed by atoms with Crippen molar-refractivity contribution in [2.45, 2.75) is 19.8 Å². The van der Waals surface area contributed by atoms with E-state index in [1.807, 2.05) is 0 Å². The molecule has 0 spiro atoms. The molecule has 86 valence electrons. The molecule has 1 N–H and O–H groups in total. The van der Waals surface area contributed by atoms with Gasteiger partial charge in [-0.15, -0.1) is 10.2 Å². The van der Waals surface area contributed by atoms with E-state index in [2.05, 4.69) is 22.0 Å². The third-order valence-corrected chi connectivity index (χ3v) is 2.98. The van der Waals surface area contributed by atoms with Crippen LogP contribution >= 0.6 is 0 Å². The topological polar surface area (TPSA) is 66.3 Å². The van der Waals surface area contributed by atoms with Gasteiger partial charge in [0.25, 0.3) is 0 Å². The highest BCUT2D eigenvalue weighted by Crippen LogP contribution is 2.20. The number of rotatable bonds is 2. The average molecular weight is 221 g/mol. The second-order valence-electron chi connectivity index (χ2n) is 4.25. The van der Waals surface area contributed by atoms with Gasteiger partial charge in [-0.05, 0) is 30.9 Å². The molecule has 0 radical (unpaired) electrons. The van der Waals surface area contributed by atoms with Crippen molar-refractivity contribution < 1.29 is 9.90 Å². The summed E-state index contributed by atoms with van der Waals surface area (Å²) in [6, 6.07) is 3.23. The Morgan fingerprint density at radius 2 is 2.06 bits per heavy atom. The van der Waals surface area contributed by atoms with Crippen LogP contribution in [0.15, 0.2) is 12.1 Å². The van der Waals surface area contributed by atoms with E-state index < -0.39 is 5.97 Å². The minimum Gasteiger partial charge on any atom is -0.476 e. The second-order valence-corrected chi connectivity index (χ2v) is 4.25. The van der Waals surface area contributed by atoms with Crippen molar-refractivity contribution in [3.8, 4) is 0 Å². The molecule has 0 aliphatic carbocycles. The lowest BCUT2D eigenvalue weighted by molar-refractivity contribution is 0.0689. The van der Waals surface area contributed by atoms with Crippen molar-refractivity contribution in [2.24, 2.45) is 5.92 Å². The summed E-state index contributed by atoms with van der Waals surface area (Å²) in [5.41, 5.74) is -0.00544. The highest BCUT2D eigenvalue weighted by molar-refractivity contribution is 5.85. The zero-order valence-corrected chi connectivity index (χ0v) is 9.26. The van der Waals surface area contributed by atoms with Gasteiger partial charge in [-0.3, -0.25) is 0 Å². The molecule has 1 saturated heterocycles. The van der Waals surface area contributed by atoms with Crippen LogP contribution in [0.25, 0.3) is 0 Å². The Morgan fingerprint density at radius 1 is 1.38 bits per heavy atom. The van der Waals surface area contributed by atoms with Crippen LogP contribution in [0.4, 0.5) is 5.82 Å². The predicted octanol–water partition coefficient (Wildman–Crippen LogP) is 1.41. The first kappa shape index (κ1) is 10.9. The molecule has 0 atom stereocenters. The molecule has 5 heteroatoms. The molecule has 1 aromatic heterocycles. The number of carboxylic acid groups (broad SMARTS) is 1. The summed E-state index contributed by atoms with van der Waals surface area (Å²) in [4.78, 5) is 12.8. The number of nitrogens with zero attached hydrogens (tertiary/aromatic N) is 3. The van der Waals surface area contributed by atoms with Crippen LogP contribution in [0.5, 0.6) is 0 Å². The zero-order valence-electron chi connectivity index (χ0n) is 9.26. The molecular weight excluding hydrogens is 206 g/mol. The van der Waals surface area contributed by atoms with Crippen molar-refractivity contribution in [3.63, 3.8) is 0 Å². The molecule has 0 bridgehead atoms. The molecule has 0 amide bonds. The molecule has 0 saturated carbocycles. The Hall–Kier alpha value is -1.65. The lowest BCUT2D eigenvalue weighted by Crippen LogP contribution is -2.33. The van der Waals surface area contributed by atoms with Crippen LogP contribution in [-0.4, -0.2) is 34.4 Å². The quantitative estimate of drug-likeness (QED) is 0.817. The summed E-state index contributed by atoms with van der Waals surface area (Å²) < 4.78 is 0. The van der Waals surface area contributed by atoms with Gasteiger partial charge in [0, 0.05) is 13.1 Å². The zero-order chi connectivity index (χ0) is 11.5. The average Bonchev–Trinajstić information content (AvgIpc) is 2.30. The van der Waals surface area contributed by atoms with Gasteiger partial charge in [-0.25, -0.2) is 4.79 Å². The van der Waals surface area contributed by atoms with Crippen molar-refractivity contribution in [2.75, 3.05) is 18.0 Å². The predicted molar refractivity (Wildman–Crippen MR) is 59.6 cm³/mol. The highest BCUT2D eigenvalue weighted by atomic mass is 16.4. The normalized spacial score (nSPS) is 17.4. The van der Waals surface area contributed by atoms with Gasteiger partial charge in [0.15, 0.2) is 11.5 Å². The van der Waals surface area contributed by atoms with Gasteiger partial charge in [-0.2, -0.15) is 0 Å². The third-order valence-electron chi connectivity index (χ3n) is 2.98. The van der Waals surface area contributed by atoms with Crippen molar-refractivity contribution >= 4 is 11.8 Å². The Morgan fingerprint density at radius 3 is 2.56 bits per heavy atom. The minimum atomic E-state index is -1.04. The molecular formula is C11H15N3O2. The summed E-state index contributed by atoms with van der Waals surface area (Å²) in [6.07, 6.45) is 2.31. The summed E-state index contributed by atoms with van der Waals surface area (Å²) in [7, 11) is 0. The molecule has 1 fully saturated rings. The minimum absolute atomic E-state index is 0.00544. The summed E-state index contributed by atoms with van der Waals surface area (Å²) >= 11 is 0. The standard InChI is InChI=1S/C11H15N3O2/c1-8-4-6-14(7-5-8)10-3-2-9(11(15)16)12-13-10/h2-3,8H,4-7H2,1H3,(H,15,16). The number of aromatic carboxylic acids is 1. The maximum absolute atomic E-state index is 10.6. The lowest BCUT2D eigenvalue weighted by atomic mass is 9.99. The van der Waals surface area contributed by atoms with Gasteiger partial charge in [-0.1, -0.05) is 6.92 Å². The van der Waals surface area contributed by atoms with Crippen LogP contribution in [0.2, 0.25) is 0 Å². The molecule has 16 heavy (non-hydrogen) atoms. The van der Waals surface area contributed by atoms with E-state index in [0.717, 1.165) is 37.7 Å². The maximum Gasteiger partial charge on any atom is 0.356 e. The first-order chi connectivity index (χ1) is 7.66. The fourth-order valence-electron chi connectivity index (χ4n) is 1.85. The summed E-state index contributed by atoms with van der Waals surface area (Å²) in [5, 5.41) is 16.3. The van der Waals surface area contributed by atoms with E-state index in [1.165, 1.54) is 6.07 Å². The Balaban J connectivity index is 2.07. The monoisotopic (exact) mass is 221 g/mol. The number of carboxylic acids is 1. The SMILES string of the molecule is CC1CCN(c2ccc(C(=O)O)nn2)CC1. The van der Waals surface area contributed by atoms with Crippen LogP contribution in [0, 0.1) is 5.92 Å². The molecule has 0 aromatic carbocycles. The Labute approximate surface area is 94.1 Å². The van der Waals surface area contributed by atoms with Gasteiger partial charge in [0.2, 0.25) is 0 Å². The van der Waals surface area contributed by atoms with Crippen LogP contribution < -0.4 is 4.90 Å². The van der Waals surface area contributed by atoms with Crippen molar-refractivity contribution in [3.05, 3.63) is 17.8 Å². The number of aromatic nitrogens is 2. The van der Waals surface area contributed by atoms with Gasteiger partial charge in [0.1, 0.15) is 0 Å². The summed E-state index contributed by atoms with van der Waals surface area (Å²) in [6.45, 7) is 4.20. The first-order valence-corrected chi connectivity index (χ1v) is 5.49. The first-order valence-electron chi connectivity index (χ1n) is 5.49. The Kier molecular flexibility index (Phi) is 3.03. The van der Waals surface area contributed by atoms with Gasteiger partial charge >= 0.3 is 5.97 Å². The van der Waals surface area contributed by atoms with E-state index in [1.54, 1.807) is 6.07 Å². The smallest absolute Gasteiger partial charge is 0.356 e. The summed E-state index contributed by atoms with van der Waals surface area (Å²) in [5.74, 6) is 0.505. The highest BCUT2D eigenvalue weighted by Gasteiger charge is 2.17. The number of carbonyl (C=O) groups is 1. The fourth-order valence-corrected chi connectivity index (χ4v) is 1.85. The number of hydrogen-bond acceptors (Lipinski definition) is 4. The lowest BCUT2D eigenvalue weighted by Gasteiger charge is -2.30. The molecule has 1 aromatic rings. The molecule has 0 unspecified atom stereocenters. The van der Waals surface area contributed by atoms with Gasteiger partial charge in [0.05, 0.1) is 0 Å². The van der Waals surface area contributed by atoms with E-state index in [9.17, 15) is 4.79 Å². The van der Waals surface area contributed by atoms with Crippen molar-refractivity contribution in [1.29, 1.82) is 0 Å². The third kappa shape index (κ3) is 2.29. The molecule has 1 aliphatic heterocycles. The molecule has 5 nitrogen and oxygen atoms in total. The fraction of sp³-hybridized carbons (Fsp3) is 0.545. The number of hydrogen-bond donors (Lipinski definition) is 1. The van der Waals surface area contributed by atoms with Gasteiger partial charge < -0.3 is 10.0 Å². The second kappa shape index (κ2) is 4.47. The number of anilines is 1. The van der Waals surface area contributed by atoms with Crippen LogP contribution in [0.1, 0.15) is 30.3 Å². The number of piperidine rings is 1. The van der Waals surface area contributed by atoms with Crippen LogP contribution in [0.3, 0.4) is 0 Å². The van der Waals surface area contributed by atoms with E-state index in [-0.39, 0.29) is 5.69 Å². The van der Waals surface area contributed by atoms with Crippen LogP contribution in [-0.2, 0) is 0 Å². The van der Waals surface area contributed by atoms with Crippen molar-refractivity contribution in [1.82, 2.24) is 10.2 Å².